The van der Waals surface area contributed by atoms with Crippen LogP contribution in [0.4, 0.5) is 11.4 Å². The molecule has 0 saturated heterocycles. The first kappa shape index (κ1) is 20.8. The van der Waals surface area contributed by atoms with Crippen LogP contribution in [0.15, 0.2) is 53.4 Å². The highest BCUT2D eigenvalue weighted by Crippen LogP contribution is 2.33. The lowest BCUT2D eigenvalue weighted by Crippen LogP contribution is -2.41. The molecule has 29 heavy (non-hydrogen) atoms. The van der Waals surface area contributed by atoms with E-state index in [0.29, 0.717) is 0 Å². The van der Waals surface area contributed by atoms with E-state index in [2.05, 4.69) is 5.32 Å². The van der Waals surface area contributed by atoms with Crippen molar-refractivity contribution >= 4 is 29.0 Å². The first-order valence-electron chi connectivity index (χ1n) is 9.40. The van der Waals surface area contributed by atoms with Crippen molar-refractivity contribution in [2.45, 2.75) is 48.3 Å². The first-order valence-corrected chi connectivity index (χ1v) is 10.3. The van der Waals surface area contributed by atoms with E-state index in [1.807, 2.05) is 30.3 Å². The van der Waals surface area contributed by atoms with Gasteiger partial charge in [0.25, 0.3) is 17.3 Å². The Kier molecular flexibility index (Phi) is 6.82. The summed E-state index contributed by atoms with van der Waals surface area (Å²) in [7, 11) is 0. The second-order valence-corrected chi connectivity index (χ2v) is 8.25. The Morgan fingerprint density at radius 1 is 0.931 bits per heavy atom. The number of non-ortho nitro benzene ring substituents is 2. The molecule has 1 fully saturated rings. The minimum atomic E-state index is -0.733. The topological polar surface area (TPSA) is 115 Å². The molecule has 8 nitrogen and oxygen atoms in total. The Morgan fingerprint density at radius 3 is 2.17 bits per heavy atom. The van der Waals surface area contributed by atoms with Gasteiger partial charge in [0.15, 0.2) is 0 Å². The monoisotopic (exact) mass is 415 g/mol. The predicted molar refractivity (Wildman–Crippen MR) is 110 cm³/mol. The Hall–Kier alpha value is -2.94. The predicted octanol–water partition coefficient (Wildman–Crippen LogP) is 4.73. The molecule has 152 valence electrons. The average Bonchev–Trinajstić information content (AvgIpc) is 2.93. The van der Waals surface area contributed by atoms with Crippen molar-refractivity contribution in [3.8, 4) is 0 Å². The van der Waals surface area contributed by atoms with E-state index in [1.165, 1.54) is 0 Å². The van der Waals surface area contributed by atoms with E-state index in [4.69, 9.17) is 0 Å². The summed E-state index contributed by atoms with van der Waals surface area (Å²) in [6, 6.07) is 12.8. The standard InChI is InChI=1S/C20H21N3O5S/c24-20(14-11-15(22(25)26)13-16(12-14)23(27)28)21-18-9-5-2-6-10-19(18)29-17-7-3-1-4-8-17/h1,3-4,7-8,11-13,18-19H,2,5-6,9-10H2,(H,21,24)/t18-,19-/m1/s1. The van der Waals surface area contributed by atoms with E-state index >= 15 is 0 Å². The van der Waals surface area contributed by atoms with E-state index in [0.717, 1.165) is 55.2 Å². The fraction of sp³-hybridized carbons (Fsp3) is 0.350. The molecule has 0 heterocycles. The Labute approximate surface area is 172 Å². The molecule has 0 aliphatic heterocycles. The molecule has 2 aromatic rings. The molecule has 1 amide bonds. The maximum Gasteiger partial charge on any atom is 0.277 e. The zero-order valence-corrected chi connectivity index (χ0v) is 16.5. The van der Waals surface area contributed by atoms with Crippen LogP contribution in [0.5, 0.6) is 0 Å². The molecule has 0 unspecified atom stereocenters. The van der Waals surface area contributed by atoms with Crippen LogP contribution >= 0.6 is 11.8 Å². The number of carbonyl (C=O) groups is 1. The summed E-state index contributed by atoms with van der Waals surface area (Å²) in [5.74, 6) is -0.526. The Balaban J connectivity index is 1.81. The van der Waals surface area contributed by atoms with Gasteiger partial charge in [-0.05, 0) is 25.0 Å². The number of rotatable bonds is 6. The lowest BCUT2D eigenvalue weighted by Gasteiger charge is -2.26. The average molecular weight is 415 g/mol. The fourth-order valence-corrected chi connectivity index (χ4v) is 4.76. The largest absolute Gasteiger partial charge is 0.348 e. The normalized spacial score (nSPS) is 19.2. The number of benzene rings is 2. The molecular formula is C20H21N3O5S. The number of hydrogen-bond donors (Lipinski definition) is 1. The number of hydrogen-bond acceptors (Lipinski definition) is 6. The number of thioether (sulfide) groups is 1. The van der Waals surface area contributed by atoms with Gasteiger partial charge in [-0.1, -0.05) is 37.5 Å². The van der Waals surface area contributed by atoms with Gasteiger partial charge >= 0.3 is 0 Å². The maximum absolute atomic E-state index is 12.8. The van der Waals surface area contributed by atoms with E-state index in [-0.39, 0.29) is 16.9 Å². The van der Waals surface area contributed by atoms with E-state index in [1.54, 1.807) is 11.8 Å². The van der Waals surface area contributed by atoms with Gasteiger partial charge in [0.2, 0.25) is 0 Å². The van der Waals surface area contributed by atoms with Crippen molar-refractivity contribution in [1.29, 1.82) is 0 Å². The van der Waals surface area contributed by atoms with Crippen molar-refractivity contribution in [2.75, 3.05) is 0 Å². The zero-order valence-electron chi connectivity index (χ0n) is 15.7. The van der Waals surface area contributed by atoms with Crippen LogP contribution in [0.2, 0.25) is 0 Å². The third-order valence-corrected chi connectivity index (χ3v) is 6.30. The highest BCUT2D eigenvalue weighted by molar-refractivity contribution is 8.00. The molecular weight excluding hydrogens is 394 g/mol. The minimum absolute atomic E-state index is 0.0707. The second kappa shape index (κ2) is 9.51. The quantitative estimate of drug-likeness (QED) is 0.414. The van der Waals surface area contributed by atoms with Gasteiger partial charge in [-0.15, -0.1) is 11.8 Å². The molecule has 1 aliphatic rings. The van der Waals surface area contributed by atoms with Crippen molar-refractivity contribution in [1.82, 2.24) is 5.32 Å². The summed E-state index contributed by atoms with van der Waals surface area (Å²) in [5.41, 5.74) is -1.01. The Bertz CT molecular complexity index is 874. The second-order valence-electron chi connectivity index (χ2n) is 6.94. The van der Waals surface area contributed by atoms with Crippen molar-refractivity contribution in [3.05, 3.63) is 74.3 Å². The van der Waals surface area contributed by atoms with Crippen LogP contribution < -0.4 is 5.32 Å². The summed E-state index contributed by atoms with van der Waals surface area (Å²) in [6.07, 6.45) is 4.87. The van der Waals surface area contributed by atoms with E-state index < -0.39 is 27.1 Å². The zero-order chi connectivity index (χ0) is 20.8. The van der Waals surface area contributed by atoms with Crippen LogP contribution in [0, 0.1) is 20.2 Å². The molecule has 0 spiro atoms. The van der Waals surface area contributed by atoms with Gasteiger partial charge in [0.05, 0.1) is 21.5 Å². The maximum atomic E-state index is 12.8. The van der Waals surface area contributed by atoms with Gasteiger partial charge in [0.1, 0.15) is 0 Å². The van der Waals surface area contributed by atoms with Gasteiger partial charge in [0, 0.05) is 28.3 Å². The lowest BCUT2D eigenvalue weighted by atomic mass is 10.1. The fourth-order valence-electron chi connectivity index (χ4n) is 3.44. The number of nitrogens with zero attached hydrogens (tertiary/aromatic N) is 2. The van der Waals surface area contributed by atoms with Gasteiger partial charge < -0.3 is 5.32 Å². The summed E-state index contributed by atoms with van der Waals surface area (Å²) in [5, 5.41) is 25.3. The Morgan fingerprint density at radius 2 is 1.55 bits per heavy atom. The SMILES string of the molecule is O=C(N[C@@H]1CCCCC[C@H]1Sc1ccccc1)c1cc([N+](=O)[O-])cc([N+](=O)[O-])c1. The number of amides is 1. The smallest absolute Gasteiger partial charge is 0.277 e. The third-order valence-electron chi connectivity index (χ3n) is 4.89. The molecule has 1 saturated carbocycles. The number of nitro groups is 2. The molecule has 2 atom stereocenters. The van der Waals surface area contributed by atoms with Crippen LogP contribution in [0.3, 0.4) is 0 Å². The lowest BCUT2D eigenvalue weighted by molar-refractivity contribution is -0.394. The first-order chi connectivity index (χ1) is 13.9. The number of nitrogens with one attached hydrogen (secondary N) is 1. The number of nitro benzene ring substituents is 2. The molecule has 9 heteroatoms. The summed E-state index contributed by atoms with van der Waals surface area (Å²) in [6.45, 7) is 0. The highest BCUT2D eigenvalue weighted by atomic mass is 32.2. The van der Waals surface area contributed by atoms with Crippen molar-refractivity contribution in [2.24, 2.45) is 0 Å². The molecule has 0 aromatic heterocycles. The minimum Gasteiger partial charge on any atom is -0.348 e. The van der Waals surface area contributed by atoms with Crippen molar-refractivity contribution < 1.29 is 14.6 Å². The number of carbonyl (C=O) groups excluding carboxylic acids is 1. The van der Waals surface area contributed by atoms with Crippen LogP contribution in [0.1, 0.15) is 42.5 Å². The molecule has 1 N–H and O–H groups in total. The van der Waals surface area contributed by atoms with Crippen LogP contribution in [-0.2, 0) is 0 Å². The van der Waals surface area contributed by atoms with Gasteiger partial charge in [-0.2, -0.15) is 0 Å². The molecule has 0 bridgehead atoms. The summed E-state index contributed by atoms with van der Waals surface area (Å²) in [4.78, 5) is 34.6. The third kappa shape index (κ3) is 5.54. The van der Waals surface area contributed by atoms with Crippen molar-refractivity contribution in [3.63, 3.8) is 0 Å². The molecule has 2 aromatic carbocycles. The van der Waals surface area contributed by atoms with Gasteiger partial charge in [-0.25, -0.2) is 0 Å². The summed E-state index contributed by atoms with van der Waals surface area (Å²) < 4.78 is 0. The highest BCUT2D eigenvalue weighted by Gasteiger charge is 2.28. The molecule has 3 rings (SSSR count). The van der Waals surface area contributed by atoms with E-state index in [9.17, 15) is 25.0 Å². The van der Waals surface area contributed by atoms with Crippen LogP contribution in [0.25, 0.3) is 0 Å². The molecule has 0 radical (unpaired) electrons. The molecule has 1 aliphatic carbocycles. The summed E-state index contributed by atoms with van der Waals surface area (Å²) >= 11 is 1.71. The van der Waals surface area contributed by atoms with Gasteiger partial charge in [-0.3, -0.25) is 25.0 Å². The van der Waals surface area contributed by atoms with Crippen LogP contribution in [-0.4, -0.2) is 27.0 Å².